The zero-order valence-electron chi connectivity index (χ0n) is 17.4. The third kappa shape index (κ3) is 4.11. The fourth-order valence-corrected chi connectivity index (χ4v) is 4.77. The Morgan fingerprint density at radius 3 is 2.84 bits per heavy atom. The monoisotopic (exact) mass is 437 g/mol. The summed E-state index contributed by atoms with van der Waals surface area (Å²) in [6.45, 7) is 1.42. The summed E-state index contributed by atoms with van der Waals surface area (Å²) in [5, 5.41) is 14.2. The van der Waals surface area contributed by atoms with Crippen molar-refractivity contribution in [1.29, 1.82) is 0 Å². The Hall–Kier alpha value is -3.23. The Balaban J connectivity index is 1.39. The molecule has 166 valence electrons. The number of oxazole rings is 1. The van der Waals surface area contributed by atoms with E-state index in [9.17, 15) is 14.3 Å². The lowest BCUT2D eigenvalue weighted by atomic mass is 9.97. The predicted octanol–water partition coefficient (Wildman–Crippen LogP) is 2.55. The average Bonchev–Trinajstić information content (AvgIpc) is 3.43. The number of hydrogen-bond donors (Lipinski definition) is 2. The van der Waals surface area contributed by atoms with Gasteiger partial charge in [-0.25, -0.2) is 9.37 Å². The molecule has 1 saturated carbocycles. The van der Waals surface area contributed by atoms with Crippen LogP contribution in [0.1, 0.15) is 28.0 Å². The van der Waals surface area contributed by atoms with Crippen LogP contribution >= 0.6 is 0 Å². The van der Waals surface area contributed by atoms with E-state index in [1.165, 1.54) is 35.9 Å². The minimum Gasteiger partial charge on any atom is -0.487 e. The standard InChI is InChI=1S/C24H24FN3O4/c25-17-6-3-7-18(10-17)32-21-11-19(27-24(30)20-13-31-14-26-20)22(23(21)29)28-9-8-15-4-1-2-5-16(15)12-28/h1-7,10,13-14,19,21-23,29H,8-9,11-12H2,(H,27,30)/t19-,21-,22+,23+/m1/s1. The first-order valence-corrected chi connectivity index (χ1v) is 10.7. The zero-order chi connectivity index (χ0) is 22.1. The summed E-state index contributed by atoms with van der Waals surface area (Å²) >= 11 is 0. The molecule has 2 N–H and O–H groups in total. The fourth-order valence-electron chi connectivity index (χ4n) is 4.77. The first-order valence-electron chi connectivity index (χ1n) is 10.7. The highest BCUT2D eigenvalue weighted by molar-refractivity contribution is 5.92. The lowest BCUT2D eigenvalue weighted by molar-refractivity contribution is 0.00249. The number of fused-ring (bicyclic) bond motifs is 1. The number of carbonyl (C=O) groups is 1. The molecule has 2 aromatic carbocycles. The Morgan fingerprint density at radius 1 is 1.22 bits per heavy atom. The van der Waals surface area contributed by atoms with Gasteiger partial charge >= 0.3 is 0 Å². The number of aliphatic hydroxyl groups excluding tert-OH is 1. The summed E-state index contributed by atoms with van der Waals surface area (Å²) in [6, 6.07) is 13.4. The summed E-state index contributed by atoms with van der Waals surface area (Å²) < 4.78 is 24.5. The molecule has 0 unspecified atom stereocenters. The molecule has 8 heteroatoms. The van der Waals surface area contributed by atoms with E-state index in [-0.39, 0.29) is 23.7 Å². The number of benzene rings is 2. The molecule has 7 nitrogen and oxygen atoms in total. The largest absolute Gasteiger partial charge is 0.487 e. The number of amides is 1. The third-order valence-electron chi connectivity index (χ3n) is 6.28. The fraction of sp³-hybridized carbons (Fsp3) is 0.333. The average molecular weight is 437 g/mol. The van der Waals surface area contributed by atoms with Crippen molar-refractivity contribution in [3.05, 3.63) is 83.8 Å². The van der Waals surface area contributed by atoms with E-state index < -0.39 is 18.0 Å². The van der Waals surface area contributed by atoms with Gasteiger partial charge in [-0.3, -0.25) is 9.69 Å². The minimum atomic E-state index is -0.869. The van der Waals surface area contributed by atoms with Gasteiger partial charge in [-0.05, 0) is 29.7 Å². The molecule has 0 radical (unpaired) electrons. The topological polar surface area (TPSA) is 87.8 Å². The molecule has 0 bridgehead atoms. The maximum Gasteiger partial charge on any atom is 0.273 e. The predicted molar refractivity (Wildman–Crippen MR) is 114 cm³/mol. The molecule has 1 aromatic heterocycles. The second-order valence-corrected chi connectivity index (χ2v) is 8.27. The molecule has 2 aliphatic rings. The van der Waals surface area contributed by atoms with Crippen LogP contribution in [0.4, 0.5) is 4.39 Å². The van der Waals surface area contributed by atoms with Gasteiger partial charge in [0, 0.05) is 25.6 Å². The highest BCUT2D eigenvalue weighted by Crippen LogP contribution is 2.32. The number of aromatic nitrogens is 1. The van der Waals surface area contributed by atoms with Gasteiger partial charge in [0.1, 0.15) is 30.0 Å². The van der Waals surface area contributed by atoms with E-state index in [4.69, 9.17) is 9.15 Å². The van der Waals surface area contributed by atoms with Gasteiger partial charge < -0.3 is 19.6 Å². The summed E-state index contributed by atoms with van der Waals surface area (Å²) in [5.41, 5.74) is 2.69. The summed E-state index contributed by atoms with van der Waals surface area (Å²) in [6.07, 6.45) is 2.26. The molecular formula is C24H24FN3O4. The van der Waals surface area contributed by atoms with E-state index in [2.05, 4.69) is 27.3 Å². The minimum absolute atomic E-state index is 0.178. The number of aliphatic hydroxyl groups is 1. The quantitative estimate of drug-likeness (QED) is 0.638. The van der Waals surface area contributed by atoms with Crippen LogP contribution in [0.15, 0.2) is 65.6 Å². The first-order chi connectivity index (χ1) is 15.6. The van der Waals surface area contributed by atoms with Crippen molar-refractivity contribution >= 4 is 5.91 Å². The zero-order valence-corrected chi connectivity index (χ0v) is 17.4. The number of rotatable bonds is 5. The maximum absolute atomic E-state index is 13.6. The number of carbonyl (C=O) groups excluding carboxylic acids is 1. The van der Waals surface area contributed by atoms with Crippen LogP contribution in [0.3, 0.4) is 0 Å². The molecule has 1 fully saturated rings. The number of nitrogens with one attached hydrogen (secondary N) is 1. The Kier molecular flexibility index (Phi) is 5.63. The smallest absolute Gasteiger partial charge is 0.273 e. The van der Waals surface area contributed by atoms with Crippen molar-refractivity contribution in [2.45, 2.75) is 43.7 Å². The maximum atomic E-state index is 13.6. The second kappa shape index (κ2) is 8.72. The number of hydrogen-bond acceptors (Lipinski definition) is 6. The SMILES string of the molecule is O=C(N[C@@H]1C[C@@H](Oc2cccc(F)c2)[C@H](O)[C@H]1N1CCc2ccccc2C1)c1cocn1. The molecule has 2 heterocycles. The van der Waals surface area contributed by atoms with Crippen LogP contribution in [0, 0.1) is 5.82 Å². The van der Waals surface area contributed by atoms with Crippen LogP contribution < -0.4 is 10.1 Å². The summed E-state index contributed by atoms with van der Waals surface area (Å²) in [7, 11) is 0. The van der Waals surface area contributed by atoms with E-state index in [1.807, 2.05) is 12.1 Å². The molecule has 1 amide bonds. The van der Waals surface area contributed by atoms with Crippen LogP contribution in [-0.2, 0) is 13.0 Å². The van der Waals surface area contributed by atoms with Crippen LogP contribution in [0.5, 0.6) is 5.75 Å². The molecule has 0 saturated heterocycles. The summed E-state index contributed by atoms with van der Waals surface area (Å²) in [4.78, 5) is 18.8. The van der Waals surface area contributed by atoms with Crippen molar-refractivity contribution in [2.75, 3.05) is 6.54 Å². The molecule has 5 rings (SSSR count). The highest BCUT2D eigenvalue weighted by Gasteiger charge is 2.48. The Labute approximate surface area is 184 Å². The van der Waals surface area contributed by atoms with E-state index >= 15 is 0 Å². The molecule has 32 heavy (non-hydrogen) atoms. The van der Waals surface area contributed by atoms with Crippen LogP contribution in [-0.4, -0.2) is 51.7 Å². The van der Waals surface area contributed by atoms with Crippen molar-refractivity contribution in [2.24, 2.45) is 0 Å². The molecule has 1 aliphatic carbocycles. The second-order valence-electron chi connectivity index (χ2n) is 8.27. The number of nitrogens with zero attached hydrogens (tertiary/aromatic N) is 2. The molecule has 3 aromatic rings. The van der Waals surface area contributed by atoms with Crippen molar-refractivity contribution in [1.82, 2.24) is 15.2 Å². The normalized spacial score (nSPS) is 25.3. The molecule has 1 aliphatic heterocycles. The molecule has 0 spiro atoms. The van der Waals surface area contributed by atoms with Gasteiger partial charge in [0.05, 0.1) is 12.1 Å². The number of halogens is 1. The van der Waals surface area contributed by atoms with E-state index in [1.54, 1.807) is 12.1 Å². The van der Waals surface area contributed by atoms with Crippen molar-refractivity contribution < 1.29 is 23.4 Å². The molecule has 4 atom stereocenters. The van der Waals surface area contributed by atoms with Gasteiger partial charge in [-0.1, -0.05) is 30.3 Å². The van der Waals surface area contributed by atoms with Crippen molar-refractivity contribution in [3.63, 3.8) is 0 Å². The summed E-state index contributed by atoms with van der Waals surface area (Å²) in [5.74, 6) is -0.430. The van der Waals surface area contributed by atoms with Gasteiger partial charge in [0.2, 0.25) is 0 Å². The lowest BCUT2D eigenvalue weighted by Gasteiger charge is -2.38. The lowest BCUT2D eigenvalue weighted by Crippen LogP contribution is -2.54. The van der Waals surface area contributed by atoms with Gasteiger partial charge in [0.15, 0.2) is 12.1 Å². The Bertz CT molecular complexity index is 1090. The van der Waals surface area contributed by atoms with Gasteiger partial charge in [-0.15, -0.1) is 0 Å². The van der Waals surface area contributed by atoms with Gasteiger partial charge in [-0.2, -0.15) is 0 Å². The molecular weight excluding hydrogens is 413 g/mol. The number of ether oxygens (including phenoxy) is 1. The van der Waals surface area contributed by atoms with E-state index in [0.29, 0.717) is 18.7 Å². The Morgan fingerprint density at radius 2 is 2.06 bits per heavy atom. The third-order valence-corrected chi connectivity index (χ3v) is 6.28. The van der Waals surface area contributed by atoms with E-state index in [0.717, 1.165) is 13.0 Å². The van der Waals surface area contributed by atoms with Gasteiger partial charge in [0.25, 0.3) is 5.91 Å². The highest BCUT2D eigenvalue weighted by atomic mass is 19.1. The van der Waals surface area contributed by atoms with Crippen LogP contribution in [0.25, 0.3) is 0 Å². The van der Waals surface area contributed by atoms with Crippen molar-refractivity contribution in [3.8, 4) is 5.75 Å². The first kappa shape index (κ1) is 20.7. The van der Waals surface area contributed by atoms with Crippen LogP contribution in [0.2, 0.25) is 0 Å².